The lowest BCUT2D eigenvalue weighted by Gasteiger charge is -2.49. The molecule has 3 heterocycles. The Balaban J connectivity index is 1.17. The molecule has 3 atom stereocenters. The first-order valence-electron chi connectivity index (χ1n) is 12.7. The van der Waals surface area contributed by atoms with E-state index in [-0.39, 0.29) is 23.6 Å². The molecule has 0 spiro atoms. The summed E-state index contributed by atoms with van der Waals surface area (Å²) in [5.41, 5.74) is 3.53. The molecular formula is C30H25ClN4O4S. The number of nitrogens with zero attached hydrogens (tertiary/aromatic N) is 1. The summed E-state index contributed by atoms with van der Waals surface area (Å²) in [6.07, 6.45) is 0.432. The van der Waals surface area contributed by atoms with Gasteiger partial charge in [0.15, 0.2) is 5.13 Å². The second kappa shape index (κ2) is 10.1. The highest BCUT2D eigenvalue weighted by Crippen LogP contribution is 2.53. The number of benzene rings is 3. The maximum atomic E-state index is 13.6. The average molecular weight is 573 g/mol. The molecule has 1 saturated heterocycles. The Kier molecular flexibility index (Phi) is 6.56. The van der Waals surface area contributed by atoms with Crippen molar-refractivity contribution in [2.75, 3.05) is 17.7 Å². The van der Waals surface area contributed by atoms with E-state index >= 15 is 0 Å². The van der Waals surface area contributed by atoms with E-state index in [4.69, 9.17) is 16.3 Å². The quantitative estimate of drug-likeness (QED) is 0.261. The Morgan fingerprint density at radius 2 is 1.88 bits per heavy atom. The normalized spacial score (nSPS) is 20.8. The van der Waals surface area contributed by atoms with E-state index in [0.29, 0.717) is 39.3 Å². The molecule has 2 aliphatic heterocycles. The van der Waals surface area contributed by atoms with Crippen LogP contribution in [0.1, 0.15) is 46.8 Å². The second-order valence-corrected chi connectivity index (χ2v) is 11.4. The van der Waals surface area contributed by atoms with Gasteiger partial charge in [0.1, 0.15) is 5.75 Å². The first-order valence-corrected chi connectivity index (χ1v) is 13.9. The molecule has 3 aromatic carbocycles. The summed E-state index contributed by atoms with van der Waals surface area (Å²) in [4.78, 5) is 43.7. The molecule has 1 aliphatic carbocycles. The van der Waals surface area contributed by atoms with Crippen LogP contribution >= 0.6 is 22.9 Å². The van der Waals surface area contributed by atoms with Crippen molar-refractivity contribution >= 4 is 51.5 Å². The zero-order chi connectivity index (χ0) is 28.0. The van der Waals surface area contributed by atoms with E-state index in [1.807, 2.05) is 42.6 Å². The number of methoxy groups -OCH3 is 1. The zero-order valence-corrected chi connectivity index (χ0v) is 23.2. The van der Waals surface area contributed by atoms with E-state index in [2.05, 4.69) is 20.9 Å². The van der Waals surface area contributed by atoms with Crippen LogP contribution in [0.25, 0.3) is 11.3 Å². The van der Waals surface area contributed by atoms with Gasteiger partial charge in [0, 0.05) is 22.2 Å². The predicted molar refractivity (Wildman–Crippen MR) is 155 cm³/mol. The molecule has 3 amide bonds. The Labute approximate surface area is 239 Å². The molecule has 0 radical (unpaired) electrons. The molecule has 3 unspecified atom stereocenters. The van der Waals surface area contributed by atoms with Crippen molar-refractivity contribution < 1.29 is 19.1 Å². The fourth-order valence-corrected chi connectivity index (χ4v) is 6.47. The predicted octanol–water partition coefficient (Wildman–Crippen LogP) is 6.03. The van der Waals surface area contributed by atoms with Crippen molar-refractivity contribution in [1.29, 1.82) is 0 Å². The number of nitrogens with one attached hydrogen (secondary N) is 3. The number of aromatic nitrogens is 1. The van der Waals surface area contributed by atoms with E-state index < -0.39 is 11.5 Å². The van der Waals surface area contributed by atoms with Crippen molar-refractivity contribution in [2.45, 2.75) is 25.3 Å². The first kappa shape index (κ1) is 26.0. The number of ether oxygens (including phenoxy) is 1. The maximum absolute atomic E-state index is 13.6. The molecule has 40 heavy (non-hydrogen) atoms. The van der Waals surface area contributed by atoms with Gasteiger partial charge in [-0.3, -0.25) is 14.4 Å². The second-order valence-electron chi connectivity index (χ2n) is 10.1. The van der Waals surface area contributed by atoms with Crippen molar-refractivity contribution in [3.05, 3.63) is 93.8 Å². The number of hydrogen-bond donors (Lipinski definition) is 3. The number of halogens is 1. The number of piperidine rings is 1. The molecule has 3 N–H and O–H groups in total. The lowest BCUT2D eigenvalue weighted by Crippen LogP contribution is -2.57. The minimum absolute atomic E-state index is 0.0375. The number of fused-ring (bicyclic) bond motifs is 2. The molecule has 1 fully saturated rings. The lowest BCUT2D eigenvalue weighted by molar-refractivity contribution is -0.137. The first-order chi connectivity index (χ1) is 19.3. The van der Waals surface area contributed by atoms with E-state index in [9.17, 15) is 14.4 Å². The number of rotatable bonds is 6. The highest BCUT2D eigenvalue weighted by atomic mass is 35.5. The van der Waals surface area contributed by atoms with Crippen LogP contribution < -0.4 is 20.7 Å². The third-order valence-corrected chi connectivity index (χ3v) is 8.68. The minimum Gasteiger partial charge on any atom is -0.495 e. The van der Waals surface area contributed by atoms with Gasteiger partial charge >= 0.3 is 0 Å². The van der Waals surface area contributed by atoms with Crippen LogP contribution in [-0.4, -0.2) is 29.8 Å². The molecule has 8 nitrogen and oxygen atoms in total. The van der Waals surface area contributed by atoms with Crippen LogP contribution in [0.4, 0.5) is 10.8 Å². The molecule has 7 rings (SSSR count). The number of carbonyl (C=O) groups is 3. The fraction of sp³-hybridized carbons (Fsp3) is 0.200. The van der Waals surface area contributed by atoms with E-state index in [1.165, 1.54) is 18.4 Å². The van der Waals surface area contributed by atoms with Gasteiger partial charge < -0.3 is 20.7 Å². The minimum atomic E-state index is -0.818. The monoisotopic (exact) mass is 572 g/mol. The molecule has 3 aliphatic rings. The van der Waals surface area contributed by atoms with Gasteiger partial charge in [0.05, 0.1) is 35.2 Å². The van der Waals surface area contributed by atoms with Gasteiger partial charge in [-0.2, -0.15) is 0 Å². The van der Waals surface area contributed by atoms with Crippen LogP contribution in [0.3, 0.4) is 0 Å². The fourth-order valence-electron chi connectivity index (χ4n) is 5.49. The average Bonchev–Trinajstić information content (AvgIpc) is 3.43. The number of thiazole rings is 1. The Bertz CT molecular complexity index is 1670. The zero-order valence-electron chi connectivity index (χ0n) is 21.7. The maximum Gasteiger partial charge on any atom is 0.255 e. The molecule has 4 aromatic rings. The largest absolute Gasteiger partial charge is 0.495 e. The molecular weight excluding hydrogens is 548 g/mol. The summed E-state index contributed by atoms with van der Waals surface area (Å²) in [6, 6.07) is 19.5. The number of amides is 3. The highest BCUT2D eigenvalue weighted by molar-refractivity contribution is 7.14. The van der Waals surface area contributed by atoms with Gasteiger partial charge in [-0.1, -0.05) is 48.0 Å². The Morgan fingerprint density at radius 1 is 1.07 bits per heavy atom. The Morgan fingerprint density at radius 3 is 2.65 bits per heavy atom. The molecule has 0 saturated carbocycles. The van der Waals surface area contributed by atoms with Gasteiger partial charge in [0.2, 0.25) is 11.8 Å². The van der Waals surface area contributed by atoms with Gasteiger partial charge in [0.25, 0.3) is 5.91 Å². The van der Waals surface area contributed by atoms with Crippen LogP contribution in [-0.2, 0) is 9.59 Å². The summed E-state index contributed by atoms with van der Waals surface area (Å²) in [6.45, 7) is 1.89. The molecule has 2 bridgehead atoms. The third kappa shape index (κ3) is 4.51. The standard InChI is InChI=1S/C30H25ClN4O4S/c1-30(14-21-19-8-3-4-9-20(19)25(30)34-27(21)37)28(38)35-29-33-23(15-40-29)16-6-5-7-17(12-16)26(36)32-18-10-11-24(39-2)22(31)13-18/h3-13,15,21,25H,14H2,1-2H3,(H,32,36)(H,34,37)(H,33,35,38). The van der Waals surface area contributed by atoms with Crippen molar-refractivity contribution in [3.63, 3.8) is 0 Å². The van der Waals surface area contributed by atoms with Crippen molar-refractivity contribution in [3.8, 4) is 17.0 Å². The Hall–Kier alpha value is -4.21. The third-order valence-electron chi connectivity index (χ3n) is 7.62. The number of hydrogen-bond acceptors (Lipinski definition) is 6. The number of carbonyl (C=O) groups excluding carboxylic acids is 3. The smallest absolute Gasteiger partial charge is 0.255 e. The topological polar surface area (TPSA) is 109 Å². The van der Waals surface area contributed by atoms with E-state index in [1.54, 1.807) is 36.4 Å². The summed E-state index contributed by atoms with van der Waals surface area (Å²) in [5, 5.41) is 11.5. The highest BCUT2D eigenvalue weighted by Gasteiger charge is 2.55. The molecule has 1 aromatic heterocycles. The van der Waals surface area contributed by atoms with Gasteiger partial charge in [-0.05, 0) is 54.8 Å². The van der Waals surface area contributed by atoms with Gasteiger partial charge in [-0.25, -0.2) is 4.98 Å². The summed E-state index contributed by atoms with van der Waals surface area (Å²) >= 11 is 7.48. The number of anilines is 2. The SMILES string of the molecule is COc1ccc(NC(=O)c2cccc(-c3csc(NC(=O)C4(C)CC5C(=O)NC4c4ccccc45)n3)c2)cc1Cl. The summed E-state index contributed by atoms with van der Waals surface area (Å²) < 4.78 is 5.16. The summed E-state index contributed by atoms with van der Waals surface area (Å²) in [7, 11) is 1.53. The van der Waals surface area contributed by atoms with Crippen LogP contribution in [0.2, 0.25) is 5.02 Å². The van der Waals surface area contributed by atoms with Crippen LogP contribution in [0.15, 0.2) is 72.1 Å². The van der Waals surface area contributed by atoms with Crippen LogP contribution in [0, 0.1) is 5.41 Å². The van der Waals surface area contributed by atoms with Crippen LogP contribution in [0.5, 0.6) is 5.75 Å². The van der Waals surface area contributed by atoms with E-state index in [0.717, 1.165) is 16.7 Å². The van der Waals surface area contributed by atoms with Gasteiger partial charge in [-0.15, -0.1) is 11.3 Å². The summed E-state index contributed by atoms with van der Waals surface area (Å²) in [5.74, 6) is -0.359. The van der Waals surface area contributed by atoms with Crippen molar-refractivity contribution in [1.82, 2.24) is 10.3 Å². The lowest BCUT2D eigenvalue weighted by atomic mass is 9.61. The van der Waals surface area contributed by atoms with Crippen molar-refractivity contribution in [2.24, 2.45) is 5.41 Å². The molecule has 202 valence electrons. The molecule has 10 heteroatoms.